The summed E-state index contributed by atoms with van der Waals surface area (Å²) in [5, 5.41) is 7.19. The molecule has 2 aromatic carbocycles. The van der Waals surface area contributed by atoms with Crippen molar-refractivity contribution < 1.29 is 14.1 Å². The Bertz CT molecular complexity index is 1150. The lowest BCUT2D eigenvalue weighted by Crippen LogP contribution is -2.04. The normalized spacial score (nSPS) is 11.0. The van der Waals surface area contributed by atoms with Gasteiger partial charge in [-0.25, -0.2) is 9.78 Å². The van der Waals surface area contributed by atoms with E-state index >= 15 is 0 Å². The quantitative estimate of drug-likeness (QED) is 0.540. The number of nitrogens with zero attached hydrogens (tertiary/aromatic N) is 3. The fourth-order valence-electron chi connectivity index (χ4n) is 3.42. The van der Waals surface area contributed by atoms with E-state index in [1.54, 1.807) is 12.1 Å². The van der Waals surface area contributed by atoms with Crippen molar-refractivity contribution in [3.8, 4) is 16.8 Å². The second-order valence-corrected chi connectivity index (χ2v) is 6.46. The Labute approximate surface area is 161 Å². The first-order valence-electron chi connectivity index (χ1n) is 8.85. The van der Waals surface area contributed by atoms with Crippen LogP contribution in [-0.4, -0.2) is 34.8 Å². The number of benzene rings is 2. The maximum Gasteiger partial charge on any atom is 0.337 e. The van der Waals surface area contributed by atoms with Crippen LogP contribution in [0.1, 0.15) is 21.8 Å². The molecule has 0 saturated heterocycles. The molecule has 4 rings (SSSR count). The standard InChI is InChI=1S/C21H20N4O3/c1-12-19(13(2)28-24-12)15-7-10-17-18(11-15)25(21(22-3)23-17)16-8-5-14(6-9-16)20(26)27-4/h5-11H,1-4H3,(H,22,23). The van der Waals surface area contributed by atoms with Crippen LogP contribution < -0.4 is 5.32 Å². The van der Waals surface area contributed by atoms with Gasteiger partial charge in [-0.3, -0.25) is 4.57 Å². The molecule has 0 aliphatic carbocycles. The lowest BCUT2D eigenvalue weighted by molar-refractivity contribution is 0.0600. The minimum atomic E-state index is -0.364. The third-order valence-corrected chi connectivity index (χ3v) is 4.75. The molecule has 4 aromatic rings. The van der Waals surface area contributed by atoms with Gasteiger partial charge in [-0.15, -0.1) is 0 Å². The van der Waals surface area contributed by atoms with E-state index in [2.05, 4.69) is 21.5 Å². The molecule has 142 valence electrons. The summed E-state index contributed by atoms with van der Waals surface area (Å²) in [6.45, 7) is 3.83. The Balaban J connectivity index is 1.89. The van der Waals surface area contributed by atoms with Crippen LogP contribution in [0.25, 0.3) is 27.8 Å². The molecule has 0 fully saturated rings. The Hall–Kier alpha value is -3.61. The van der Waals surface area contributed by atoms with Crippen LogP contribution in [0.15, 0.2) is 47.0 Å². The van der Waals surface area contributed by atoms with E-state index in [1.165, 1.54) is 7.11 Å². The van der Waals surface area contributed by atoms with Crippen LogP contribution in [0.5, 0.6) is 0 Å². The molecule has 2 aromatic heterocycles. The van der Waals surface area contributed by atoms with Crippen LogP contribution in [-0.2, 0) is 4.74 Å². The number of ether oxygens (including phenoxy) is 1. The topological polar surface area (TPSA) is 82.2 Å². The molecular formula is C21H20N4O3. The molecule has 0 saturated carbocycles. The molecule has 7 nitrogen and oxygen atoms in total. The summed E-state index contributed by atoms with van der Waals surface area (Å²) in [6, 6.07) is 13.3. The number of aromatic nitrogens is 3. The molecule has 2 heterocycles. The second kappa shape index (κ2) is 6.84. The molecule has 0 amide bonds. The molecule has 0 atom stereocenters. The van der Waals surface area contributed by atoms with Crippen molar-refractivity contribution >= 4 is 23.0 Å². The molecule has 28 heavy (non-hydrogen) atoms. The number of anilines is 1. The van der Waals surface area contributed by atoms with Gasteiger partial charge < -0.3 is 14.6 Å². The van der Waals surface area contributed by atoms with Crippen LogP contribution in [0.3, 0.4) is 0 Å². The highest BCUT2D eigenvalue weighted by atomic mass is 16.5. The van der Waals surface area contributed by atoms with Gasteiger partial charge in [-0.2, -0.15) is 0 Å². The number of hydrogen-bond acceptors (Lipinski definition) is 6. The maximum absolute atomic E-state index is 11.7. The lowest BCUT2D eigenvalue weighted by Gasteiger charge is -2.10. The van der Waals surface area contributed by atoms with E-state index in [-0.39, 0.29) is 5.97 Å². The fraction of sp³-hybridized carbons (Fsp3) is 0.190. The molecule has 0 aliphatic rings. The molecular weight excluding hydrogens is 356 g/mol. The molecule has 0 radical (unpaired) electrons. The number of fused-ring (bicyclic) bond motifs is 1. The summed E-state index contributed by atoms with van der Waals surface area (Å²) in [5.41, 5.74) is 6.03. The Morgan fingerprint density at radius 1 is 1.14 bits per heavy atom. The van der Waals surface area contributed by atoms with Gasteiger partial charge in [0.25, 0.3) is 0 Å². The fourth-order valence-corrected chi connectivity index (χ4v) is 3.42. The van der Waals surface area contributed by atoms with Gasteiger partial charge in [0.1, 0.15) is 5.76 Å². The number of hydrogen-bond donors (Lipinski definition) is 1. The van der Waals surface area contributed by atoms with Gasteiger partial charge in [0.15, 0.2) is 0 Å². The van der Waals surface area contributed by atoms with E-state index in [9.17, 15) is 4.79 Å². The highest BCUT2D eigenvalue weighted by Gasteiger charge is 2.16. The van der Waals surface area contributed by atoms with Crippen LogP contribution >= 0.6 is 0 Å². The minimum absolute atomic E-state index is 0.364. The van der Waals surface area contributed by atoms with Crippen molar-refractivity contribution in [2.24, 2.45) is 0 Å². The smallest absolute Gasteiger partial charge is 0.337 e. The van der Waals surface area contributed by atoms with Crippen molar-refractivity contribution in [2.45, 2.75) is 13.8 Å². The van der Waals surface area contributed by atoms with E-state index < -0.39 is 0 Å². The number of rotatable bonds is 4. The zero-order valence-corrected chi connectivity index (χ0v) is 16.1. The summed E-state index contributed by atoms with van der Waals surface area (Å²) >= 11 is 0. The van der Waals surface area contributed by atoms with Gasteiger partial charge in [0.2, 0.25) is 5.95 Å². The van der Waals surface area contributed by atoms with Crippen molar-refractivity contribution in [3.63, 3.8) is 0 Å². The van der Waals surface area contributed by atoms with E-state index in [4.69, 9.17) is 9.26 Å². The van der Waals surface area contributed by atoms with Crippen molar-refractivity contribution in [1.29, 1.82) is 0 Å². The maximum atomic E-state index is 11.7. The monoisotopic (exact) mass is 376 g/mol. The Kier molecular flexibility index (Phi) is 4.35. The zero-order valence-electron chi connectivity index (χ0n) is 16.1. The Morgan fingerprint density at radius 3 is 2.50 bits per heavy atom. The van der Waals surface area contributed by atoms with Crippen molar-refractivity contribution in [2.75, 3.05) is 19.5 Å². The summed E-state index contributed by atoms with van der Waals surface area (Å²) in [6.07, 6.45) is 0. The summed E-state index contributed by atoms with van der Waals surface area (Å²) in [7, 11) is 3.20. The number of imidazole rings is 1. The van der Waals surface area contributed by atoms with Gasteiger partial charge in [-0.1, -0.05) is 11.2 Å². The average Bonchev–Trinajstić information content (AvgIpc) is 3.26. The first-order chi connectivity index (χ1) is 13.5. The van der Waals surface area contributed by atoms with Crippen molar-refractivity contribution in [1.82, 2.24) is 14.7 Å². The molecule has 0 aliphatic heterocycles. The Morgan fingerprint density at radius 2 is 1.89 bits per heavy atom. The van der Waals surface area contributed by atoms with E-state index in [1.807, 2.05) is 49.7 Å². The highest BCUT2D eigenvalue weighted by molar-refractivity contribution is 5.90. The number of methoxy groups -OCH3 is 1. The van der Waals surface area contributed by atoms with Gasteiger partial charge in [-0.05, 0) is 55.8 Å². The second-order valence-electron chi connectivity index (χ2n) is 6.46. The van der Waals surface area contributed by atoms with Crippen LogP contribution in [0, 0.1) is 13.8 Å². The zero-order chi connectivity index (χ0) is 19.8. The minimum Gasteiger partial charge on any atom is -0.465 e. The molecule has 0 spiro atoms. The molecule has 7 heteroatoms. The van der Waals surface area contributed by atoms with Crippen LogP contribution in [0.4, 0.5) is 5.95 Å². The van der Waals surface area contributed by atoms with Gasteiger partial charge >= 0.3 is 5.97 Å². The SMILES string of the molecule is CNc1nc2ccc(-c3c(C)noc3C)cc2n1-c1ccc(C(=O)OC)cc1. The van der Waals surface area contributed by atoms with E-state index in [0.717, 1.165) is 39.3 Å². The number of aryl methyl sites for hydroxylation is 2. The first-order valence-corrected chi connectivity index (χ1v) is 8.85. The van der Waals surface area contributed by atoms with Gasteiger partial charge in [0, 0.05) is 18.3 Å². The number of carbonyl (C=O) groups is 1. The summed E-state index contributed by atoms with van der Waals surface area (Å²) in [5.74, 6) is 1.12. The van der Waals surface area contributed by atoms with Crippen LogP contribution in [0.2, 0.25) is 0 Å². The third-order valence-electron chi connectivity index (χ3n) is 4.75. The summed E-state index contributed by atoms with van der Waals surface area (Å²) in [4.78, 5) is 16.4. The van der Waals surface area contributed by atoms with Crippen molar-refractivity contribution in [3.05, 3.63) is 59.5 Å². The predicted octanol–water partition coefficient (Wildman–Crippen LogP) is 4.13. The van der Waals surface area contributed by atoms with Gasteiger partial charge in [0.05, 0.1) is 29.4 Å². The largest absolute Gasteiger partial charge is 0.465 e. The average molecular weight is 376 g/mol. The lowest BCUT2D eigenvalue weighted by atomic mass is 10.0. The molecule has 0 unspecified atom stereocenters. The number of nitrogens with one attached hydrogen (secondary N) is 1. The molecule has 1 N–H and O–H groups in total. The number of esters is 1. The number of carbonyl (C=O) groups excluding carboxylic acids is 1. The predicted molar refractivity (Wildman–Crippen MR) is 107 cm³/mol. The molecule has 0 bridgehead atoms. The highest BCUT2D eigenvalue weighted by Crippen LogP contribution is 2.32. The first kappa shape index (κ1) is 17.8. The van der Waals surface area contributed by atoms with E-state index in [0.29, 0.717) is 11.5 Å². The summed E-state index contributed by atoms with van der Waals surface area (Å²) < 4.78 is 12.1. The third kappa shape index (κ3) is 2.81.